The number of carbonyl (C=O) groups excluding carboxylic acids is 1. The first-order valence-corrected chi connectivity index (χ1v) is 5.59. The van der Waals surface area contributed by atoms with E-state index in [1.165, 1.54) is 18.6 Å². The van der Waals surface area contributed by atoms with Crippen molar-refractivity contribution in [3.05, 3.63) is 24.3 Å². The largest absolute Gasteiger partial charge is 0.480 e. The highest BCUT2D eigenvalue weighted by atomic mass is 16.4. The van der Waals surface area contributed by atoms with Crippen LogP contribution in [0.5, 0.6) is 0 Å². The normalized spacial score (nSPS) is 12.8. The molecule has 0 aromatic carbocycles. The fourth-order valence-corrected chi connectivity index (χ4v) is 1.46. The lowest BCUT2D eigenvalue weighted by Crippen LogP contribution is -2.43. The van der Waals surface area contributed by atoms with Crippen LogP contribution in [-0.2, 0) is 4.79 Å². The molecule has 0 bridgehead atoms. The second-order valence-electron chi connectivity index (χ2n) is 5.22. The first-order chi connectivity index (χ1) is 8.29. The molecule has 2 N–H and O–H groups in total. The summed E-state index contributed by atoms with van der Waals surface area (Å²) in [6.07, 6.45) is 4.47. The number of amides is 1. The highest BCUT2D eigenvalue weighted by Crippen LogP contribution is 2.21. The van der Waals surface area contributed by atoms with Crippen molar-refractivity contribution in [3.8, 4) is 0 Å². The van der Waals surface area contributed by atoms with Gasteiger partial charge in [-0.25, -0.2) is 9.78 Å². The van der Waals surface area contributed by atoms with E-state index in [1.807, 2.05) is 20.8 Å². The van der Waals surface area contributed by atoms with Crippen LogP contribution >= 0.6 is 0 Å². The molecule has 0 aliphatic carbocycles. The van der Waals surface area contributed by atoms with E-state index in [0.717, 1.165) is 0 Å². The predicted octanol–water partition coefficient (Wildman–Crippen LogP) is 1.10. The van der Waals surface area contributed by atoms with E-state index in [1.54, 1.807) is 0 Å². The van der Waals surface area contributed by atoms with Gasteiger partial charge < -0.3 is 10.4 Å². The zero-order valence-electron chi connectivity index (χ0n) is 10.7. The average Bonchev–Trinajstić information content (AvgIpc) is 2.27. The second-order valence-corrected chi connectivity index (χ2v) is 5.22. The third kappa shape index (κ3) is 4.48. The van der Waals surface area contributed by atoms with Gasteiger partial charge >= 0.3 is 5.97 Å². The van der Waals surface area contributed by atoms with Gasteiger partial charge in [-0.2, -0.15) is 0 Å². The van der Waals surface area contributed by atoms with Crippen molar-refractivity contribution in [2.45, 2.75) is 33.2 Å². The Morgan fingerprint density at radius 3 is 2.50 bits per heavy atom. The van der Waals surface area contributed by atoms with Crippen LogP contribution < -0.4 is 5.32 Å². The van der Waals surface area contributed by atoms with Crippen LogP contribution in [-0.4, -0.2) is 33.0 Å². The number of carboxylic acids is 1. The Labute approximate surface area is 105 Å². The summed E-state index contributed by atoms with van der Waals surface area (Å²) in [6.45, 7) is 5.74. The van der Waals surface area contributed by atoms with E-state index in [9.17, 15) is 9.59 Å². The third-order valence-electron chi connectivity index (χ3n) is 2.22. The van der Waals surface area contributed by atoms with Crippen molar-refractivity contribution in [3.63, 3.8) is 0 Å². The molecular weight excluding hydrogens is 234 g/mol. The number of carboxylic acid groups (broad SMARTS) is 1. The van der Waals surface area contributed by atoms with Crippen LogP contribution in [0.25, 0.3) is 0 Å². The Morgan fingerprint density at radius 1 is 1.39 bits per heavy atom. The summed E-state index contributed by atoms with van der Waals surface area (Å²) in [5.41, 5.74) is -0.0868. The van der Waals surface area contributed by atoms with E-state index >= 15 is 0 Å². The van der Waals surface area contributed by atoms with Gasteiger partial charge in [-0.3, -0.25) is 9.78 Å². The monoisotopic (exact) mass is 251 g/mol. The Balaban J connectivity index is 2.73. The SMILES string of the molecule is CC(C)(C)C[C@H](NC(=O)c1cnccn1)C(=O)O. The first-order valence-electron chi connectivity index (χ1n) is 5.59. The zero-order valence-corrected chi connectivity index (χ0v) is 10.7. The smallest absolute Gasteiger partial charge is 0.326 e. The van der Waals surface area contributed by atoms with Gasteiger partial charge in [-0.05, 0) is 11.8 Å². The highest BCUT2D eigenvalue weighted by molar-refractivity contribution is 5.94. The molecule has 1 rings (SSSR count). The maximum atomic E-state index is 11.8. The molecule has 1 amide bonds. The van der Waals surface area contributed by atoms with Crippen LogP contribution in [0.15, 0.2) is 18.6 Å². The van der Waals surface area contributed by atoms with E-state index in [4.69, 9.17) is 5.11 Å². The molecule has 0 saturated heterocycles. The summed E-state index contributed by atoms with van der Waals surface area (Å²) in [4.78, 5) is 30.4. The van der Waals surface area contributed by atoms with Crippen LogP contribution in [0.4, 0.5) is 0 Å². The van der Waals surface area contributed by atoms with Crippen LogP contribution in [0.2, 0.25) is 0 Å². The minimum absolute atomic E-state index is 0.109. The number of rotatable bonds is 4. The van der Waals surface area contributed by atoms with Crippen molar-refractivity contribution in [1.82, 2.24) is 15.3 Å². The predicted molar refractivity (Wildman–Crippen MR) is 65.0 cm³/mol. The van der Waals surface area contributed by atoms with Crippen molar-refractivity contribution in [1.29, 1.82) is 0 Å². The van der Waals surface area contributed by atoms with Crippen LogP contribution in [0.3, 0.4) is 0 Å². The van der Waals surface area contributed by atoms with Crippen molar-refractivity contribution in [2.24, 2.45) is 5.41 Å². The minimum atomic E-state index is -1.05. The summed E-state index contributed by atoms with van der Waals surface area (Å²) >= 11 is 0. The summed E-state index contributed by atoms with van der Waals surface area (Å²) in [6, 6.07) is -0.931. The number of aromatic nitrogens is 2. The molecule has 0 radical (unpaired) electrons. The number of nitrogens with zero attached hydrogens (tertiary/aromatic N) is 2. The van der Waals surface area contributed by atoms with Crippen molar-refractivity contribution < 1.29 is 14.7 Å². The Kier molecular flexibility index (Phi) is 4.36. The quantitative estimate of drug-likeness (QED) is 0.835. The summed E-state index contributed by atoms with van der Waals surface area (Å²) in [5, 5.41) is 11.5. The highest BCUT2D eigenvalue weighted by Gasteiger charge is 2.26. The number of nitrogens with one attached hydrogen (secondary N) is 1. The molecule has 0 fully saturated rings. The van der Waals surface area contributed by atoms with Gasteiger partial charge in [0.05, 0.1) is 6.20 Å². The summed E-state index contributed by atoms with van der Waals surface area (Å²) in [7, 11) is 0. The standard InChI is InChI=1S/C12H17N3O3/c1-12(2,3)6-8(11(17)18)15-10(16)9-7-13-4-5-14-9/h4-5,7-8H,6H2,1-3H3,(H,15,16)(H,17,18)/t8-/m0/s1. The van der Waals surface area contributed by atoms with Gasteiger partial charge in [0.25, 0.3) is 5.91 Å². The molecule has 0 spiro atoms. The molecule has 1 aromatic heterocycles. The number of carbonyl (C=O) groups is 2. The summed E-state index contributed by atoms with van der Waals surface area (Å²) in [5.74, 6) is -1.58. The topological polar surface area (TPSA) is 92.2 Å². The summed E-state index contributed by atoms with van der Waals surface area (Å²) < 4.78 is 0. The first kappa shape index (κ1) is 14.1. The van der Waals surface area contributed by atoms with Crippen LogP contribution in [0.1, 0.15) is 37.7 Å². The zero-order chi connectivity index (χ0) is 13.8. The molecule has 6 heteroatoms. The molecule has 0 saturated carbocycles. The van der Waals surface area contributed by atoms with E-state index in [0.29, 0.717) is 6.42 Å². The third-order valence-corrected chi connectivity index (χ3v) is 2.22. The van der Waals surface area contributed by atoms with Gasteiger partial charge in [0.15, 0.2) is 0 Å². The Hall–Kier alpha value is -1.98. The van der Waals surface area contributed by atoms with Gasteiger partial charge in [0.2, 0.25) is 0 Å². The van der Waals surface area contributed by atoms with Gasteiger partial charge in [-0.1, -0.05) is 20.8 Å². The van der Waals surface area contributed by atoms with E-state index < -0.39 is 17.9 Å². The Morgan fingerprint density at radius 2 is 2.06 bits per heavy atom. The maximum Gasteiger partial charge on any atom is 0.326 e. The van der Waals surface area contributed by atoms with Crippen LogP contribution in [0, 0.1) is 5.41 Å². The molecule has 6 nitrogen and oxygen atoms in total. The minimum Gasteiger partial charge on any atom is -0.480 e. The molecule has 0 aliphatic rings. The lowest BCUT2D eigenvalue weighted by molar-refractivity contribution is -0.140. The molecule has 0 unspecified atom stereocenters. The van der Waals surface area contributed by atoms with Crippen molar-refractivity contribution in [2.75, 3.05) is 0 Å². The Bertz CT molecular complexity index is 426. The lowest BCUT2D eigenvalue weighted by Gasteiger charge is -2.23. The molecule has 98 valence electrons. The number of aliphatic carboxylic acids is 1. The molecule has 18 heavy (non-hydrogen) atoms. The van der Waals surface area contributed by atoms with Gasteiger partial charge in [0.1, 0.15) is 11.7 Å². The maximum absolute atomic E-state index is 11.8. The fraction of sp³-hybridized carbons (Fsp3) is 0.500. The molecule has 1 atom stereocenters. The van der Waals surface area contributed by atoms with E-state index in [2.05, 4.69) is 15.3 Å². The van der Waals surface area contributed by atoms with Crippen molar-refractivity contribution >= 4 is 11.9 Å². The molecule has 0 aliphatic heterocycles. The fourth-order valence-electron chi connectivity index (χ4n) is 1.46. The second kappa shape index (κ2) is 5.57. The number of hydrogen-bond donors (Lipinski definition) is 2. The van der Waals surface area contributed by atoms with Gasteiger partial charge in [0, 0.05) is 12.4 Å². The molecule has 1 aromatic rings. The molecular formula is C12H17N3O3. The number of hydrogen-bond acceptors (Lipinski definition) is 4. The van der Waals surface area contributed by atoms with E-state index in [-0.39, 0.29) is 11.1 Å². The lowest BCUT2D eigenvalue weighted by atomic mass is 9.88. The van der Waals surface area contributed by atoms with Gasteiger partial charge in [-0.15, -0.1) is 0 Å². The average molecular weight is 251 g/mol. The molecule has 1 heterocycles.